The number of alkyl halides is 3. The first-order chi connectivity index (χ1) is 10.2. The number of amides is 1. The van der Waals surface area contributed by atoms with Crippen LogP contribution >= 0.6 is 0 Å². The van der Waals surface area contributed by atoms with Crippen LogP contribution in [0.2, 0.25) is 0 Å². The van der Waals surface area contributed by atoms with Gasteiger partial charge in [0.15, 0.2) is 0 Å². The summed E-state index contributed by atoms with van der Waals surface area (Å²) < 4.78 is 52.0. The van der Waals surface area contributed by atoms with E-state index in [1.807, 2.05) is 0 Å². The number of hydrogen-bond acceptors (Lipinski definition) is 2. The zero-order valence-corrected chi connectivity index (χ0v) is 11.5. The minimum absolute atomic E-state index is 0.0148. The molecule has 22 heavy (non-hydrogen) atoms. The molecule has 1 amide bonds. The molecule has 1 fully saturated rings. The fourth-order valence-corrected chi connectivity index (χ4v) is 2.86. The minimum atomic E-state index is -4.54. The fourth-order valence-electron chi connectivity index (χ4n) is 2.86. The number of benzene rings is 1. The van der Waals surface area contributed by atoms with Gasteiger partial charge in [-0.15, -0.1) is 0 Å². The van der Waals surface area contributed by atoms with E-state index in [0.717, 1.165) is 12.1 Å². The van der Waals surface area contributed by atoms with Crippen LogP contribution in [0.15, 0.2) is 18.2 Å². The van der Waals surface area contributed by atoms with Gasteiger partial charge in [-0.3, -0.25) is 0 Å². The first kappa shape index (κ1) is 16.5. The van der Waals surface area contributed by atoms with E-state index < -0.39 is 41.7 Å². The topological polar surface area (TPSA) is 75.3 Å². The van der Waals surface area contributed by atoms with Crippen LogP contribution in [0.25, 0.3) is 0 Å². The van der Waals surface area contributed by atoms with Crippen molar-refractivity contribution in [2.24, 2.45) is 5.73 Å². The highest BCUT2D eigenvalue weighted by molar-refractivity contribution is 5.65. The average molecular weight is 320 g/mol. The number of carboxylic acid groups (broad SMARTS) is 1. The Bertz CT molecular complexity index is 562. The van der Waals surface area contributed by atoms with Gasteiger partial charge in [-0.1, -0.05) is 0 Å². The summed E-state index contributed by atoms with van der Waals surface area (Å²) in [5.41, 5.74) is 4.94. The number of rotatable bonds is 2. The molecule has 4 N–H and O–H groups in total. The smallest absolute Gasteiger partial charge is 0.416 e. The lowest BCUT2D eigenvalue weighted by Gasteiger charge is -2.34. The van der Waals surface area contributed by atoms with Gasteiger partial charge in [-0.25, -0.2) is 9.18 Å². The van der Waals surface area contributed by atoms with Crippen molar-refractivity contribution in [2.45, 2.75) is 43.4 Å². The normalized spacial score (nSPS) is 25.8. The van der Waals surface area contributed by atoms with Crippen LogP contribution in [0.1, 0.15) is 36.3 Å². The molecule has 1 aliphatic rings. The van der Waals surface area contributed by atoms with Gasteiger partial charge in [-0.05, 0) is 48.9 Å². The highest BCUT2D eigenvalue weighted by Gasteiger charge is 2.34. The van der Waals surface area contributed by atoms with E-state index in [0.29, 0.717) is 18.9 Å². The summed E-state index contributed by atoms with van der Waals surface area (Å²) >= 11 is 0. The quantitative estimate of drug-likeness (QED) is 0.733. The van der Waals surface area contributed by atoms with Gasteiger partial charge in [0, 0.05) is 12.1 Å². The van der Waals surface area contributed by atoms with Crippen molar-refractivity contribution >= 4 is 6.09 Å². The van der Waals surface area contributed by atoms with Crippen LogP contribution in [0.5, 0.6) is 0 Å². The number of hydrogen-bond donors (Lipinski definition) is 3. The minimum Gasteiger partial charge on any atom is -0.465 e. The van der Waals surface area contributed by atoms with Crippen molar-refractivity contribution in [2.75, 3.05) is 0 Å². The molecule has 1 aromatic rings. The Morgan fingerprint density at radius 3 is 2.55 bits per heavy atom. The Balaban J connectivity index is 2.18. The molecule has 0 radical (unpaired) electrons. The van der Waals surface area contributed by atoms with Crippen molar-refractivity contribution in [1.29, 1.82) is 0 Å². The van der Waals surface area contributed by atoms with Gasteiger partial charge in [0.05, 0.1) is 5.56 Å². The molecule has 0 heterocycles. The second kappa shape index (κ2) is 6.12. The molecule has 3 atom stereocenters. The van der Waals surface area contributed by atoms with Crippen LogP contribution in [0.3, 0.4) is 0 Å². The highest BCUT2D eigenvalue weighted by Crippen LogP contribution is 2.37. The maximum Gasteiger partial charge on any atom is 0.416 e. The van der Waals surface area contributed by atoms with Gasteiger partial charge in [0.2, 0.25) is 0 Å². The van der Waals surface area contributed by atoms with Crippen molar-refractivity contribution < 1.29 is 27.5 Å². The van der Waals surface area contributed by atoms with E-state index in [9.17, 15) is 22.4 Å². The largest absolute Gasteiger partial charge is 0.465 e. The van der Waals surface area contributed by atoms with Gasteiger partial charge < -0.3 is 16.2 Å². The Hall–Kier alpha value is -1.83. The lowest BCUT2D eigenvalue weighted by Crippen LogP contribution is -2.50. The molecule has 0 aliphatic heterocycles. The third-order valence-corrected chi connectivity index (χ3v) is 3.97. The molecule has 0 unspecified atom stereocenters. The molecule has 2 rings (SSSR count). The van der Waals surface area contributed by atoms with E-state index >= 15 is 0 Å². The zero-order chi connectivity index (χ0) is 16.5. The van der Waals surface area contributed by atoms with Crippen molar-refractivity contribution in [3.8, 4) is 0 Å². The second-order valence-electron chi connectivity index (χ2n) is 5.46. The van der Waals surface area contributed by atoms with Crippen LogP contribution < -0.4 is 11.1 Å². The molecular weight excluding hydrogens is 304 g/mol. The van der Waals surface area contributed by atoms with Gasteiger partial charge in [-0.2, -0.15) is 13.2 Å². The molecule has 0 spiro atoms. The van der Waals surface area contributed by atoms with Crippen LogP contribution in [-0.2, 0) is 6.18 Å². The van der Waals surface area contributed by atoms with Crippen LogP contribution in [0.4, 0.5) is 22.4 Å². The second-order valence-corrected chi connectivity index (χ2v) is 5.46. The predicted molar refractivity (Wildman–Crippen MR) is 70.9 cm³/mol. The molecule has 0 saturated heterocycles. The summed E-state index contributed by atoms with van der Waals surface area (Å²) in [5, 5.41) is 11.0. The standard InChI is InChI=1S/C14H16F4N2O2/c15-10-3-2-8(14(16,17)18)6-9(10)7-1-4-12(11(19)5-7)20-13(21)22/h2-3,6-7,11-12,20H,1,4-5,19H2,(H,21,22)/t7-,11-,12-/m0/s1. The van der Waals surface area contributed by atoms with Crippen molar-refractivity contribution in [3.63, 3.8) is 0 Å². The van der Waals surface area contributed by atoms with E-state index in [4.69, 9.17) is 10.8 Å². The van der Waals surface area contributed by atoms with Gasteiger partial charge >= 0.3 is 12.3 Å². The molecule has 122 valence electrons. The zero-order valence-electron chi connectivity index (χ0n) is 11.5. The summed E-state index contributed by atoms with van der Waals surface area (Å²) in [7, 11) is 0. The van der Waals surface area contributed by atoms with Gasteiger partial charge in [0.1, 0.15) is 5.82 Å². The summed E-state index contributed by atoms with van der Waals surface area (Å²) in [5.74, 6) is -1.15. The maximum absolute atomic E-state index is 13.9. The molecule has 1 saturated carbocycles. The number of carbonyl (C=O) groups is 1. The molecule has 4 nitrogen and oxygen atoms in total. The molecular formula is C14H16F4N2O2. The summed E-state index contributed by atoms with van der Waals surface area (Å²) in [6, 6.07) is 1.30. The Morgan fingerprint density at radius 1 is 1.32 bits per heavy atom. The number of nitrogens with two attached hydrogens (primary N) is 1. The Kier molecular flexibility index (Phi) is 4.60. The van der Waals surface area contributed by atoms with Crippen molar-refractivity contribution in [1.82, 2.24) is 5.32 Å². The molecule has 1 aliphatic carbocycles. The first-order valence-electron chi connectivity index (χ1n) is 6.80. The van der Waals surface area contributed by atoms with Crippen molar-refractivity contribution in [3.05, 3.63) is 35.1 Å². The van der Waals surface area contributed by atoms with Crippen LogP contribution in [0, 0.1) is 5.82 Å². The Labute approximate surface area is 124 Å². The monoisotopic (exact) mass is 320 g/mol. The third-order valence-electron chi connectivity index (χ3n) is 3.97. The molecule has 0 aromatic heterocycles. The summed E-state index contributed by atoms with van der Waals surface area (Å²) in [4.78, 5) is 10.6. The van der Waals surface area contributed by atoms with E-state index in [-0.39, 0.29) is 12.0 Å². The summed E-state index contributed by atoms with van der Waals surface area (Å²) in [6.45, 7) is 0. The number of nitrogens with one attached hydrogen (secondary N) is 1. The van der Waals surface area contributed by atoms with Gasteiger partial charge in [0.25, 0.3) is 0 Å². The lowest BCUT2D eigenvalue weighted by molar-refractivity contribution is -0.137. The average Bonchev–Trinajstić information content (AvgIpc) is 2.40. The molecule has 1 aromatic carbocycles. The third kappa shape index (κ3) is 3.68. The maximum atomic E-state index is 13.9. The highest BCUT2D eigenvalue weighted by atomic mass is 19.4. The lowest BCUT2D eigenvalue weighted by atomic mass is 9.78. The fraction of sp³-hybridized carbons (Fsp3) is 0.500. The first-order valence-corrected chi connectivity index (χ1v) is 6.80. The predicted octanol–water partition coefficient (Wildman–Crippen LogP) is 3.08. The molecule has 8 heteroatoms. The van der Waals surface area contributed by atoms with E-state index in [1.54, 1.807) is 0 Å². The Morgan fingerprint density at radius 2 is 2.00 bits per heavy atom. The van der Waals surface area contributed by atoms with E-state index in [2.05, 4.69) is 5.32 Å². The van der Waals surface area contributed by atoms with Crippen LogP contribution in [-0.4, -0.2) is 23.3 Å². The molecule has 0 bridgehead atoms. The van der Waals surface area contributed by atoms with E-state index in [1.165, 1.54) is 0 Å². The summed E-state index contributed by atoms with van der Waals surface area (Å²) in [6.07, 6.45) is -4.79. The number of halogens is 4. The SMILES string of the molecule is N[C@H]1C[C@@H](c2cc(C(F)(F)F)ccc2F)CC[C@@H]1NC(=O)O.